The molecule has 0 aliphatic rings. The second kappa shape index (κ2) is 6.05. The van der Waals surface area contributed by atoms with Crippen molar-refractivity contribution < 1.29 is 13.6 Å². The molecule has 0 spiro atoms. The van der Waals surface area contributed by atoms with Gasteiger partial charge in [0, 0.05) is 23.4 Å². The van der Waals surface area contributed by atoms with Crippen molar-refractivity contribution in [2.75, 3.05) is 5.32 Å². The molecule has 0 saturated heterocycles. The highest BCUT2D eigenvalue weighted by molar-refractivity contribution is 5.93. The lowest BCUT2D eigenvalue weighted by Crippen LogP contribution is -2.40. The lowest BCUT2D eigenvalue weighted by Gasteiger charge is -2.20. The fourth-order valence-corrected chi connectivity index (χ4v) is 1.72. The van der Waals surface area contributed by atoms with Gasteiger partial charge in [-0.1, -0.05) is 6.07 Å². The number of hydrogen-bond acceptors (Lipinski definition) is 4. The second-order valence-corrected chi connectivity index (χ2v) is 5.74. The number of aromatic nitrogens is 2. The van der Waals surface area contributed by atoms with Crippen LogP contribution in [0.3, 0.4) is 0 Å². The van der Waals surface area contributed by atoms with Gasteiger partial charge in [-0.05, 0) is 32.9 Å². The molecule has 2 heterocycles. The summed E-state index contributed by atoms with van der Waals surface area (Å²) in [4.78, 5) is 19.2. The van der Waals surface area contributed by atoms with E-state index in [1.807, 2.05) is 20.8 Å². The Bertz CT molecular complexity index is 678. The van der Waals surface area contributed by atoms with Crippen molar-refractivity contribution in [3.63, 3.8) is 0 Å². The van der Waals surface area contributed by atoms with Crippen LogP contribution in [0.1, 0.15) is 31.3 Å². The molecule has 0 aliphatic heterocycles. The van der Waals surface area contributed by atoms with E-state index in [4.69, 9.17) is 0 Å². The molecule has 2 rings (SSSR count). The van der Waals surface area contributed by atoms with Crippen LogP contribution in [0.25, 0.3) is 0 Å². The summed E-state index contributed by atoms with van der Waals surface area (Å²) in [5, 5.41) is 5.52. The Morgan fingerprint density at radius 2 is 1.73 bits per heavy atom. The first-order valence-electron chi connectivity index (χ1n) is 6.63. The third kappa shape index (κ3) is 4.47. The van der Waals surface area contributed by atoms with E-state index in [9.17, 15) is 13.6 Å². The van der Waals surface area contributed by atoms with Gasteiger partial charge in [0.05, 0.1) is 0 Å². The van der Waals surface area contributed by atoms with E-state index in [1.165, 1.54) is 0 Å². The highest BCUT2D eigenvalue weighted by atomic mass is 19.1. The van der Waals surface area contributed by atoms with Crippen LogP contribution < -0.4 is 10.6 Å². The molecule has 0 aliphatic carbocycles. The standard InChI is InChI=1S/C15H16F2N4O/c1-15(2,3)21-14(22)10-5-4-6-13(19-10)18-9-7-11(16)20-12(17)8-9/h4-8H,1-3H3,(H,21,22)(H,18,19,20). The summed E-state index contributed by atoms with van der Waals surface area (Å²) in [6.07, 6.45) is 0. The minimum absolute atomic E-state index is 0.158. The van der Waals surface area contributed by atoms with Crippen molar-refractivity contribution >= 4 is 17.4 Å². The van der Waals surface area contributed by atoms with E-state index < -0.39 is 11.9 Å². The largest absolute Gasteiger partial charge is 0.346 e. The van der Waals surface area contributed by atoms with Crippen LogP contribution in [0.2, 0.25) is 0 Å². The van der Waals surface area contributed by atoms with Gasteiger partial charge in [-0.25, -0.2) is 4.98 Å². The van der Waals surface area contributed by atoms with E-state index in [1.54, 1.807) is 18.2 Å². The molecule has 2 aromatic rings. The van der Waals surface area contributed by atoms with Gasteiger partial charge in [-0.3, -0.25) is 4.79 Å². The van der Waals surface area contributed by atoms with E-state index in [0.717, 1.165) is 12.1 Å². The third-order valence-corrected chi connectivity index (χ3v) is 2.51. The molecule has 7 heteroatoms. The van der Waals surface area contributed by atoms with Crippen LogP contribution in [0.15, 0.2) is 30.3 Å². The normalized spacial score (nSPS) is 11.1. The fraction of sp³-hybridized carbons (Fsp3) is 0.267. The van der Waals surface area contributed by atoms with Gasteiger partial charge in [-0.2, -0.15) is 13.8 Å². The average molecular weight is 306 g/mol. The summed E-state index contributed by atoms with van der Waals surface area (Å²) in [7, 11) is 0. The third-order valence-electron chi connectivity index (χ3n) is 2.51. The predicted octanol–water partition coefficient (Wildman–Crippen LogP) is 3.03. The molecule has 0 aromatic carbocycles. The topological polar surface area (TPSA) is 66.9 Å². The van der Waals surface area contributed by atoms with E-state index >= 15 is 0 Å². The summed E-state index contributed by atoms with van der Waals surface area (Å²) in [5.74, 6) is -1.91. The Balaban J connectivity index is 2.19. The molecule has 0 atom stereocenters. The lowest BCUT2D eigenvalue weighted by atomic mass is 10.1. The Kier molecular flexibility index (Phi) is 4.35. The minimum atomic E-state index is -0.941. The van der Waals surface area contributed by atoms with Crippen LogP contribution in [-0.2, 0) is 0 Å². The highest BCUT2D eigenvalue weighted by Gasteiger charge is 2.16. The first-order valence-corrected chi connectivity index (χ1v) is 6.63. The number of carbonyl (C=O) groups excluding carboxylic acids is 1. The number of anilines is 2. The quantitative estimate of drug-likeness (QED) is 0.855. The van der Waals surface area contributed by atoms with Gasteiger partial charge >= 0.3 is 0 Å². The number of halogens is 2. The van der Waals surface area contributed by atoms with Gasteiger partial charge in [0.15, 0.2) is 0 Å². The Morgan fingerprint density at radius 3 is 2.32 bits per heavy atom. The molecule has 0 unspecified atom stereocenters. The smallest absolute Gasteiger partial charge is 0.270 e. The minimum Gasteiger partial charge on any atom is -0.346 e. The van der Waals surface area contributed by atoms with Crippen LogP contribution >= 0.6 is 0 Å². The van der Waals surface area contributed by atoms with Crippen molar-refractivity contribution in [1.29, 1.82) is 0 Å². The van der Waals surface area contributed by atoms with Crippen molar-refractivity contribution in [2.45, 2.75) is 26.3 Å². The average Bonchev–Trinajstić information content (AvgIpc) is 2.35. The summed E-state index contributed by atoms with van der Waals surface area (Å²) in [5.41, 5.74) is -0.0275. The molecule has 2 N–H and O–H groups in total. The van der Waals surface area contributed by atoms with Crippen LogP contribution in [0.5, 0.6) is 0 Å². The summed E-state index contributed by atoms with van der Waals surface area (Å²) in [6, 6.07) is 6.84. The molecule has 1 amide bonds. The maximum atomic E-state index is 13.0. The van der Waals surface area contributed by atoms with Crippen molar-refractivity contribution in [1.82, 2.24) is 15.3 Å². The Labute approximate surface area is 126 Å². The number of amides is 1. The van der Waals surface area contributed by atoms with Gasteiger partial charge in [0.2, 0.25) is 11.9 Å². The Morgan fingerprint density at radius 1 is 1.09 bits per heavy atom. The molecule has 0 radical (unpaired) electrons. The number of nitrogens with zero attached hydrogens (tertiary/aromatic N) is 2. The molecular weight excluding hydrogens is 290 g/mol. The zero-order chi connectivity index (χ0) is 16.3. The first-order chi connectivity index (χ1) is 10.2. The monoisotopic (exact) mass is 306 g/mol. The molecule has 2 aromatic heterocycles. The molecule has 0 saturated carbocycles. The van der Waals surface area contributed by atoms with Crippen LogP contribution in [-0.4, -0.2) is 21.4 Å². The maximum absolute atomic E-state index is 13.0. The zero-order valence-electron chi connectivity index (χ0n) is 12.4. The fourth-order valence-electron chi connectivity index (χ4n) is 1.72. The van der Waals surface area contributed by atoms with E-state index in [-0.39, 0.29) is 22.8 Å². The molecule has 5 nitrogen and oxygen atoms in total. The number of nitrogens with one attached hydrogen (secondary N) is 2. The van der Waals surface area contributed by atoms with Crippen LogP contribution in [0, 0.1) is 11.9 Å². The first kappa shape index (κ1) is 15.8. The second-order valence-electron chi connectivity index (χ2n) is 5.74. The molecule has 116 valence electrons. The van der Waals surface area contributed by atoms with Gasteiger partial charge < -0.3 is 10.6 Å². The van der Waals surface area contributed by atoms with Crippen molar-refractivity contribution in [3.05, 3.63) is 47.9 Å². The number of pyridine rings is 2. The number of hydrogen-bond donors (Lipinski definition) is 2. The van der Waals surface area contributed by atoms with Gasteiger partial charge in [0.1, 0.15) is 11.5 Å². The maximum Gasteiger partial charge on any atom is 0.270 e. The number of carbonyl (C=O) groups is 1. The van der Waals surface area contributed by atoms with Crippen molar-refractivity contribution in [3.8, 4) is 0 Å². The number of rotatable bonds is 3. The molecule has 22 heavy (non-hydrogen) atoms. The molecular formula is C15H16F2N4O. The summed E-state index contributed by atoms with van der Waals surface area (Å²) >= 11 is 0. The zero-order valence-corrected chi connectivity index (χ0v) is 12.4. The lowest BCUT2D eigenvalue weighted by molar-refractivity contribution is 0.0914. The summed E-state index contributed by atoms with van der Waals surface area (Å²) < 4.78 is 26.1. The molecule has 0 bridgehead atoms. The summed E-state index contributed by atoms with van der Waals surface area (Å²) in [6.45, 7) is 5.57. The van der Waals surface area contributed by atoms with Crippen LogP contribution in [0.4, 0.5) is 20.3 Å². The highest BCUT2D eigenvalue weighted by Crippen LogP contribution is 2.16. The van der Waals surface area contributed by atoms with E-state index in [2.05, 4.69) is 20.6 Å². The van der Waals surface area contributed by atoms with Crippen molar-refractivity contribution in [2.24, 2.45) is 0 Å². The van der Waals surface area contributed by atoms with Gasteiger partial charge in [-0.15, -0.1) is 0 Å². The molecule has 0 fully saturated rings. The van der Waals surface area contributed by atoms with Gasteiger partial charge in [0.25, 0.3) is 5.91 Å². The SMILES string of the molecule is CC(C)(C)NC(=O)c1cccc(Nc2cc(F)nc(F)c2)n1. The predicted molar refractivity (Wildman–Crippen MR) is 78.9 cm³/mol. The van der Waals surface area contributed by atoms with E-state index in [0.29, 0.717) is 5.82 Å². The Hall–Kier alpha value is -2.57.